The number of hydrogen-bond donors (Lipinski definition) is 1. The second kappa shape index (κ2) is 7.95. The number of nitrogens with one attached hydrogen (secondary N) is 1. The molecule has 116 valence electrons. The molecule has 5 nitrogen and oxygen atoms in total. The van der Waals surface area contributed by atoms with Crippen LogP contribution in [-0.2, 0) is 4.79 Å². The van der Waals surface area contributed by atoms with Gasteiger partial charge in [0.2, 0.25) is 0 Å². The van der Waals surface area contributed by atoms with Gasteiger partial charge in [0.05, 0.1) is 21.5 Å². The van der Waals surface area contributed by atoms with E-state index in [9.17, 15) is 4.79 Å². The van der Waals surface area contributed by atoms with Crippen molar-refractivity contribution in [2.75, 3.05) is 13.7 Å². The Hall–Kier alpha value is -1.86. The van der Waals surface area contributed by atoms with Gasteiger partial charge >= 0.3 is 0 Å². The zero-order valence-electron chi connectivity index (χ0n) is 12.1. The monoisotopic (exact) mass is 382 g/mol. The van der Waals surface area contributed by atoms with Gasteiger partial charge in [0, 0.05) is 0 Å². The molecule has 0 aliphatic carbocycles. The highest BCUT2D eigenvalue weighted by atomic mass is 79.9. The molecule has 2 rings (SSSR count). The number of benzene rings is 1. The Morgan fingerprint density at radius 2 is 2.00 bits per heavy atom. The summed E-state index contributed by atoms with van der Waals surface area (Å²) in [6, 6.07) is 11.0. The third kappa shape index (κ3) is 4.57. The van der Waals surface area contributed by atoms with Crippen molar-refractivity contribution in [2.45, 2.75) is 6.92 Å². The van der Waals surface area contributed by atoms with Gasteiger partial charge in [-0.3, -0.25) is 4.79 Å². The zero-order valence-corrected chi connectivity index (χ0v) is 14.5. The van der Waals surface area contributed by atoms with Gasteiger partial charge in [0.1, 0.15) is 0 Å². The molecule has 0 aliphatic heterocycles. The van der Waals surface area contributed by atoms with Gasteiger partial charge in [-0.15, -0.1) is 11.3 Å². The fourth-order valence-corrected chi connectivity index (χ4v) is 2.95. The predicted octanol–water partition coefficient (Wildman–Crippen LogP) is 3.44. The number of methoxy groups -OCH3 is 1. The van der Waals surface area contributed by atoms with Crippen molar-refractivity contribution in [3.63, 3.8) is 0 Å². The molecule has 1 N–H and O–H groups in total. The van der Waals surface area contributed by atoms with E-state index in [2.05, 4.69) is 26.5 Å². The van der Waals surface area contributed by atoms with E-state index in [1.807, 2.05) is 31.2 Å². The second-order valence-electron chi connectivity index (χ2n) is 4.28. The van der Waals surface area contributed by atoms with Crippen molar-refractivity contribution in [3.05, 3.63) is 45.1 Å². The molecule has 0 saturated carbocycles. The summed E-state index contributed by atoms with van der Waals surface area (Å²) in [6.45, 7) is 1.70. The van der Waals surface area contributed by atoms with Crippen LogP contribution in [0.15, 0.2) is 45.3 Å². The van der Waals surface area contributed by atoms with Crippen LogP contribution in [-0.4, -0.2) is 25.3 Å². The Morgan fingerprint density at radius 1 is 1.27 bits per heavy atom. The van der Waals surface area contributed by atoms with Crippen LogP contribution in [0, 0.1) is 0 Å². The largest absolute Gasteiger partial charge is 0.493 e. The van der Waals surface area contributed by atoms with Crippen LogP contribution in [0.5, 0.6) is 11.5 Å². The lowest BCUT2D eigenvalue weighted by Crippen LogP contribution is -2.25. The number of carbonyl (C=O) groups excluding carboxylic acids is 1. The molecule has 7 heteroatoms. The van der Waals surface area contributed by atoms with E-state index in [-0.39, 0.29) is 12.5 Å². The normalized spacial score (nSPS) is 11.1. The van der Waals surface area contributed by atoms with Gasteiger partial charge in [-0.2, -0.15) is 5.10 Å². The van der Waals surface area contributed by atoms with Crippen molar-refractivity contribution in [1.82, 2.24) is 5.43 Å². The first-order valence-corrected chi connectivity index (χ1v) is 8.05. The SMILES string of the molecule is COc1ccccc1OCC(=O)N/N=C(/C)c1ccc(Br)s1. The first-order chi connectivity index (χ1) is 10.6. The minimum absolute atomic E-state index is 0.134. The Balaban J connectivity index is 1.88. The number of carbonyl (C=O) groups is 1. The lowest BCUT2D eigenvalue weighted by atomic mass is 10.3. The fraction of sp³-hybridized carbons (Fsp3) is 0.200. The molecule has 22 heavy (non-hydrogen) atoms. The highest BCUT2D eigenvalue weighted by molar-refractivity contribution is 9.11. The van der Waals surface area contributed by atoms with Crippen LogP contribution < -0.4 is 14.9 Å². The third-order valence-corrected chi connectivity index (χ3v) is 4.44. The fourth-order valence-electron chi connectivity index (χ4n) is 1.62. The molecule has 0 bridgehead atoms. The summed E-state index contributed by atoms with van der Waals surface area (Å²) in [6.07, 6.45) is 0. The van der Waals surface area contributed by atoms with Gasteiger partial charge in [0.15, 0.2) is 18.1 Å². The van der Waals surface area contributed by atoms with Crippen LogP contribution in [0.4, 0.5) is 0 Å². The van der Waals surface area contributed by atoms with Crippen molar-refractivity contribution in [3.8, 4) is 11.5 Å². The molecule has 1 aromatic heterocycles. The van der Waals surface area contributed by atoms with Crippen LogP contribution in [0.3, 0.4) is 0 Å². The Bertz CT molecular complexity index is 685. The maximum absolute atomic E-state index is 11.8. The summed E-state index contributed by atoms with van der Waals surface area (Å²) in [5.41, 5.74) is 3.21. The van der Waals surface area contributed by atoms with E-state index in [0.717, 1.165) is 14.4 Å². The van der Waals surface area contributed by atoms with E-state index >= 15 is 0 Å². The molecule has 2 aromatic rings. The standard InChI is InChI=1S/C15H15BrN2O3S/c1-10(13-7-8-14(16)22-13)17-18-15(19)9-21-12-6-4-3-5-11(12)20-2/h3-8H,9H2,1-2H3,(H,18,19)/b17-10-. The van der Waals surface area contributed by atoms with E-state index in [1.165, 1.54) is 0 Å². The highest BCUT2D eigenvalue weighted by Gasteiger charge is 2.07. The summed E-state index contributed by atoms with van der Waals surface area (Å²) >= 11 is 4.94. The van der Waals surface area contributed by atoms with Crippen molar-refractivity contribution < 1.29 is 14.3 Å². The van der Waals surface area contributed by atoms with Gasteiger partial charge in [-0.1, -0.05) is 12.1 Å². The average Bonchev–Trinajstić information content (AvgIpc) is 2.97. The van der Waals surface area contributed by atoms with E-state index in [0.29, 0.717) is 11.5 Å². The Kier molecular flexibility index (Phi) is 5.97. The number of rotatable bonds is 6. The van der Waals surface area contributed by atoms with Gasteiger partial charge in [-0.25, -0.2) is 5.43 Å². The molecular formula is C15H15BrN2O3S. The molecule has 0 atom stereocenters. The van der Waals surface area contributed by atoms with E-state index in [1.54, 1.807) is 30.6 Å². The summed E-state index contributed by atoms with van der Waals surface area (Å²) in [7, 11) is 1.55. The smallest absolute Gasteiger partial charge is 0.277 e. The number of hydrogen-bond acceptors (Lipinski definition) is 5. The first kappa shape index (κ1) is 16.5. The van der Waals surface area contributed by atoms with Gasteiger partial charge in [-0.05, 0) is 47.1 Å². The summed E-state index contributed by atoms with van der Waals surface area (Å²) in [4.78, 5) is 12.8. The van der Waals surface area contributed by atoms with Crippen molar-refractivity contribution in [2.24, 2.45) is 5.10 Å². The lowest BCUT2D eigenvalue weighted by Gasteiger charge is -2.09. The molecule has 0 aliphatic rings. The maximum Gasteiger partial charge on any atom is 0.277 e. The Morgan fingerprint density at radius 3 is 2.64 bits per heavy atom. The van der Waals surface area contributed by atoms with E-state index in [4.69, 9.17) is 9.47 Å². The Labute approximate surface area is 141 Å². The molecule has 0 saturated heterocycles. The molecule has 0 radical (unpaired) electrons. The maximum atomic E-state index is 11.8. The van der Waals surface area contributed by atoms with Crippen LogP contribution in [0.2, 0.25) is 0 Å². The highest BCUT2D eigenvalue weighted by Crippen LogP contribution is 2.25. The molecular weight excluding hydrogens is 368 g/mol. The molecule has 0 fully saturated rings. The third-order valence-electron chi connectivity index (χ3n) is 2.71. The number of hydrazone groups is 1. The lowest BCUT2D eigenvalue weighted by molar-refractivity contribution is -0.123. The average molecular weight is 383 g/mol. The van der Waals surface area contributed by atoms with Crippen LogP contribution in [0.1, 0.15) is 11.8 Å². The minimum Gasteiger partial charge on any atom is -0.493 e. The molecule has 1 heterocycles. The quantitative estimate of drug-likeness (QED) is 0.614. The second-order valence-corrected chi connectivity index (χ2v) is 6.74. The number of ether oxygens (including phenoxy) is 2. The van der Waals surface area contributed by atoms with Crippen LogP contribution in [0.25, 0.3) is 0 Å². The number of nitrogens with zero attached hydrogens (tertiary/aromatic N) is 1. The topological polar surface area (TPSA) is 59.9 Å². The summed E-state index contributed by atoms with van der Waals surface area (Å²) in [5.74, 6) is 0.766. The van der Waals surface area contributed by atoms with Crippen molar-refractivity contribution >= 4 is 38.9 Å². The van der Waals surface area contributed by atoms with Gasteiger partial charge < -0.3 is 9.47 Å². The number of para-hydroxylation sites is 2. The molecule has 1 amide bonds. The number of amides is 1. The van der Waals surface area contributed by atoms with E-state index < -0.39 is 0 Å². The molecule has 1 aromatic carbocycles. The van der Waals surface area contributed by atoms with Crippen molar-refractivity contribution in [1.29, 1.82) is 0 Å². The summed E-state index contributed by atoms with van der Waals surface area (Å²) < 4.78 is 11.6. The number of halogens is 1. The van der Waals surface area contributed by atoms with Crippen LogP contribution >= 0.6 is 27.3 Å². The zero-order chi connectivity index (χ0) is 15.9. The first-order valence-electron chi connectivity index (χ1n) is 6.45. The minimum atomic E-state index is -0.333. The summed E-state index contributed by atoms with van der Waals surface area (Å²) in [5, 5.41) is 4.06. The predicted molar refractivity (Wildman–Crippen MR) is 90.9 cm³/mol. The van der Waals surface area contributed by atoms with Gasteiger partial charge in [0.25, 0.3) is 5.91 Å². The molecule has 0 unspecified atom stereocenters. The number of thiophene rings is 1. The molecule has 0 spiro atoms.